The molecular weight excluding hydrogens is 383 g/mol. The third kappa shape index (κ3) is 4.83. The highest BCUT2D eigenvalue weighted by atomic mass is 32.2. The molecule has 3 aromatic rings. The molecule has 0 unspecified atom stereocenters. The lowest BCUT2D eigenvalue weighted by Gasteiger charge is -2.08. The monoisotopic (exact) mass is 395 g/mol. The Morgan fingerprint density at radius 2 is 1.77 bits per heavy atom. The van der Waals surface area contributed by atoms with Crippen molar-refractivity contribution in [3.05, 3.63) is 60.2 Å². The first-order chi connectivity index (χ1) is 12.4. The van der Waals surface area contributed by atoms with Gasteiger partial charge in [0.1, 0.15) is 0 Å². The predicted octanol–water partition coefficient (Wildman–Crippen LogP) is 4.95. The maximum atomic E-state index is 12.5. The Morgan fingerprint density at radius 3 is 2.42 bits per heavy atom. The maximum absolute atomic E-state index is 12.5. The number of nitrogens with zero attached hydrogens (tertiary/aromatic N) is 2. The first kappa shape index (κ1) is 18.4. The van der Waals surface area contributed by atoms with Gasteiger partial charge in [-0.05, 0) is 35.8 Å². The van der Waals surface area contributed by atoms with Gasteiger partial charge in [-0.15, -0.1) is 0 Å². The van der Waals surface area contributed by atoms with Crippen LogP contribution in [-0.2, 0) is 11.0 Å². The van der Waals surface area contributed by atoms with Crippen molar-refractivity contribution in [2.75, 3.05) is 11.1 Å². The zero-order chi connectivity index (χ0) is 18.6. The van der Waals surface area contributed by atoms with Crippen LogP contribution in [0.25, 0.3) is 11.4 Å². The van der Waals surface area contributed by atoms with Crippen LogP contribution in [0.3, 0.4) is 0 Å². The van der Waals surface area contributed by atoms with Gasteiger partial charge in [-0.3, -0.25) is 4.79 Å². The maximum Gasteiger partial charge on any atom is 0.416 e. The number of rotatable bonds is 5. The summed E-state index contributed by atoms with van der Waals surface area (Å²) in [4.78, 5) is 16.3. The van der Waals surface area contributed by atoms with Crippen molar-refractivity contribution in [2.24, 2.45) is 0 Å². The van der Waals surface area contributed by atoms with E-state index in [4.69, 9.17) is 0 Å². The molecule has 26 heavy (non-hydrogen) atoms. The number of nitrogens with one attached hydrogen (secondary N) is 1. The molecule has 0 atom stereocenters. The molecule has 0 saturated carbocycles. The number of carbonyl (C=O) groups is 1. The summed E-state index contributed by atoms with van der Waals surface area (Å²) < 4.78 is 42.4. The zero-order valence-electron chi connectivity index (χ0n) is 13.2. The van der Waals surface area contributed by atoms with E-state index in [0.717, 1.165) is 17.7 Å². The fourth-order valence-electron chi connectivity index (χ4n) is 2.04. The standard InChI is InChI=1S/C17H12F3N3OS2/c18-17(19,20)12-6-8-13(9-7-12)21-14(24)10-25-16-22-15(23-26-16)11-4-2-1-3-5-11/h1-9H,10H2,(H,21,24). The number of amides is 1. The fraction of sp³-hybridized carbons (Fsp3) is 0.118. The molecule has 1 N–H and O–H groups in total. The SMILES string of the molecule is O=C(CSc1nc(-c2ccccc2)ns1)Nc1ccc(C(F)(F)F)cc1. The molecule has 134 valence electrons. The van der Waals surface area contributed by atoms with Gasteiger partial charge < -0.3 is 5.32 Å². The summed E-state index contributed by atoms with van der Waals surface area (Å²) in [5, 5.41) is 2.56. The molecule has 1 aromatic heterocycles. The number of aromatic nitrogens is 2. The van der Waals surface area contributed by atoms with Gasteiger partial charge in [0.15, 0.2) is 10.2 Å². The van der Waals surface area contributed by atoms with Crippen molar-refractivity contribution in [3.8, 4) is 11.4 Å². The van der Waals surface area contributed by atoms with Crippen LogP contribution < -0.4 is 5.32 Å². The highest BCUT2D eigenvalue weighted by molar-refractivity contribution is 8.01. The van der Waals surface area contributed by atoms with Gasteiger partial charge in [0.05, 0.1) is 11.3 Å². The molecule has 0 aliphatic heterocycles. The molecule has 0 aliphatic carbocycles. The summed E-state index contributed by atoms with van der Waals surface area (Å²) >= 11 is 2.42. The van der Waals surface area contributed by atoms with E-state index in [1.165, 1.54) is 35.4 Å². The molecular formula is C17H12F3N3OS2. The van der Waals surface area contributed by atoms with Gasteiger partial charge in [-0.2, -0.15) is 17.5 Å². The Balaban J connectivity index is 1.54. The molecule has 1 heterocycles. The van der Waals surface area contributed by atoms with Crippen LogP contribution in [-0.4, -0.2) is 21.0 Å². The molecule has 3 rings (SSSR count). The Morgan fingerprint density at radius 1 is 1.08 bits per heavy atom. The smallest absolute Gasteiger partial charge is 0.325 e. The summed E-state index contributed by atoms with van der Waals surface area (Å²) in [6, 6.07) is 13.8. The predicted molar refractivity (Wildman–Crippen MR) is 96.1 cm³/mol. The molecule has 0 spiro atoms. The molecule has 9 heteroatoms. The first-order valence-electron chi connectivity index (χ1n) is 7.41. The van der Waals surface area contributed by atoms with E-state index in [1.54, 1.807) is 0 Å². The Bertz CT molecular complexity index is 880. The molecule has 1 amide bonds. The summed E-state index contributed by atoms with van der Waals surface area (Å²) in [5.41, 5.74) is 0.447. The highest BCUT2D eigenvalue weighted by Crippen LogP contribution is 2.30. The normalized spacial score (nSPS) is 11.3. The number of anilines is 1. The van der Waals surface area contributed by atoms with Crippen molar-refractivity contribution in [3.63, 3.8) is 0 Å². The van der Waals surface area contributed by atoms with Gasteiger partial charge in [0, 0.05) is 11.3 Å². The summed E-state index contributed by atoms with van der Waals surface area (Å²) in [5.74, 6) is 0.359. The largest absolute Gasteiger partial charge is 0.416 e. The molecule has 0 radical (unpaired) electrons. The lowest BCUT2D eigenvalue weighted by Crippen LogP contribution is -2.14. The highest BCUT2D eigenvalue weighted by Gasteiger charge is 2.29. The Labute approximate surface area is 155 Å². The zero-order valence-corrected chi connectivity index (χ0v) is 14.8. The molecule has 0 fully saturated rings. The summed E-state index contributed by atoms with van der Waals surface area (Å²) in [7, 11) is 0. The second-order valence-electron chi connectivity index (χ2n) is 5.16. The van der Waals surface area contributed by atoms with E-state index in [1.807, 2.05) is 30.3 Å². The van der Waals surface area contributed by atoms with E-state index in [0.29, 0.717) is 15.9 Å². The second-order valence-corrected chi connectivity index (χ2v) is 7.14. The van der Waals surface area contributed by atoms with E-state index in [-0.39, 0.29) is 11.7 Å². The van der Waals surface area contributed by atoms with Crippen LogP contribution in [0.1, 0.15) is 5.56 Å². The van der Waals surface area contributed by atoms with Gasteiger partial charge >= 0.3 is 6.18 Å². The van der Waals surface area contributed by atoms with Gasteiger partial charge in [-0.1, -0.05) is 42.1 Å². The van der Waals surface area contributed by atoms with Gasteiger partial charge in [0.2, 0.25) is 5.91 Å². The molecule has 0 saturated heterocycles. The van der Waals surface area contributed by atoms with E-state index < -0.39 is 11.7 Å². The lowest BCUT2D eigenvalue weighted by molar-refractivity contribution is -0.137. The summed E-state index contributed by atoms with van der Waals surface area (Å²) in [6.45, 7) is 0. The molecule has 0 bridgehead atoms. The van der Waals surface area contributed by atoms with Crippen LogP contribution in [0.15, 0.2) is 58.9 Å². The average Bonchev–Trinajstić information content (AvgIpc) is 3.09. The summed E-state index contributed by atoms with van der Waals surface area (Å²) in [6.07, 6.45) is -4.40. The van der Waals surface area contributed by atoms with E-state index >= 15 is 0 Å². The first-order valence-corrected chi connectivity index (χ1v) is 9.17. The number of hydrogen-bond acceptors (Lipinski definition) is 5. The fourth-order valence-corrected chi connectivity index (χ4v) is 3.45. The van der Waals surface area contributed by atoms with Crippen LogP contribution in [0.5, 0.6) is 0 Å². The Kier molecular flexibility index (Phi) is 5.58. The molecule has 0 aliphatic rings. The van der Waals surface area contributed by atoms with Crippen LogP contribution in [0.4, 0.5) is 18.9 Å². The molecule has 2 aromatic carbocycles. The topological polar surface area (TPSA) is 54.9 Å². The van der Waals surface area contributed by atoms with Gasteiger partial charge in [-0.25, -0.2) is 4.98 Å². The van der Waals surface area contributed by atoms with Gasteiger partial charge in [0.25, 0.3) is 0 Å². The second kappa shape index (κ2) is 7.88. The third-order valence-electron chi connectivity index (χ3n) is 3.26. The number of halogens is 3. The van der Waals surface area contributed by atoms with Crippen molar-refractivity contribution in [2.45, 2.75) is 10.5 Å². The van der Waals surface area contributed by atoms with Crippen molar-refractivity contribution < 1.29 is 18.0 Å². The van der Waals surface area contributed by atoms with E-state index in [9.17, 15) is 18.0 Å². The number of thioether (sulfide) groups is 1. The minimum absolute atomic E-state index is 0.0877. The number of benzene rings is 2. The Hall–Kier alpha value is -2.39. The van der Waals surface area contributed by atoms with E-state index in [2.05, 4.69) is 14.7 Å². The van der Waals surface area contributed by atoms with Crippen LogP contribution in [0, 0.1) is 0 Å². The number of alkyl halides is 3. The van der Waals surface area contributed by atoms with Crippen molar-refractivity contribution >= 4 is 34.9 Å². The minimum atomic E-state index is -4.40. The minimum Gasteiger partial charge on any atom is -0.325 e. The van der Waals surface area contributed by atoms with Crippen LogP contribution >= 0.6 is 23.3 Å². The number of hydrogen-bond donors (Lipinski definition) is 1. The lowest BCUT2D eigenvalue weighted by atomic mass is 10.2. The number of carbonyl (C=O) groups excluding carboxylic acids is 1. The quantitative estimate of drug-likeness (QED) is 0.621. The van der Waals surface area contributed by atoms with Crippen LogP contribution in [0.2, 0.25) is 0 Å². The van der Waals surface area contributed by atoms with Crippen molar-refractivity contribution in [1.82, 2.24) is 9.36 Å². The molecule has 4 nitrogen and oxygen atoms in total. The van der Waals surface area contributed by atoms with Crippen molar-refractivity contribution in [1.29, 1.82) is 0 Å². The third-order valence-corrected chi connectivity index (χ3v) is 5.10. The average molecular weight is 395 g/mol.